The van der Waals surface area contributed by atoms with Gasteiger partial charge in [-0.2, -0.15) is 10.4 Å². The van der Waals surface area contributed by atoms with Crippen LogP contribution in [0.3, 0.4) is 0 Å². The first-order valence-electron chi connectivity index (χ1n) is 10.4. The van der Waals surface area contributed by atoms with Gasteiger partial charge in [0.2, 0.25) is 0 Å². The molecule has 0 bridgehead atoms. The summed E-state index contributed by atoms with van der Waals surface area (Å²) >= 11 is 0. The van der Waals surface area contributed by atoms with Gasteiger partial charge in [0.25, 0.3) is 5.56 Å². The molecule has 2 aromatic heterocycles. The van der Waals surface area contributed by atoms with Crippen molar-refractivity contribution in [1.82, 2.24) is 14.8 Å². The first-order valence-corrected chi connectivity index (χ1v) is 10.4. The zero-order valence-corrected chi connectivity index (χ0v) is 16.6. The van der Waals surface area contributed by atoms with E-state index in [9.17, 15) is 10.1 Å². The SMILES string of the molecule is CC1(Cc2ccc(Nc3nn([C@@H](CC#N)C4CC4)c4cc[nH]c(=O)c34)cc2)CC1. The minimum absolute atomic E-state index is 0.0153. The summed E-state index contributed by atoms with van der Waals surface area (Å²) in [5.74, 6) is 1.01. The van der Waals surface area contributed by atoms with E-state index in [1.807, 2.05) is 10.7 Å². The third-order valence-corrected chi connectivity index (χ3v) is 6.36. The number of pyridine rings is 1. The third-order valence-electron chi connectivity index (χ3n) is 6.36. The quantitative estimate of drug-likeness (QED) is 0.616. The molecular formula is C23H25N5O. The summed E-state index contributed by atoms with van der Waals surface area (Å²) < 4.78 is 1.89. The molecule has 6 nitrogen and oxygen atoms in total. The summed E-state index contributed by atoms with van der Waals surface area (Å²) in [7, 11) is 0. The zero-order valence-electron chi connectivity index (χ0n) is 16.6. The van der Waals surface area contributed by atoms with Gasteiger partial charge in [-0.15, -0.1) is 0 Å². The number of H-pyrrole nitrogens is 1. The molecule has 148 valence electrons. The van der Waals surface area contributed by atoms with Crippen LogP contribution >= 0.6 is 0 Å². The number of nitriles is 1. The molecular weight excluding hydrogens is 362 g/mol. The van der Waals surface area contributed by atoms with Gasteiger partial charge in [-0.25, -0.2) is 0 Å². The number of aromatic amines is 1. The van der Waals surface area contributed by atoms with E-state index in [0.29, 0.717) is 29.0 Å². The Morgan fingerprint density at radius 1 is 1.31 bits per heavy atom. The number of benzene rings is 1. The Hall–Kier alpha value is -3.07. The van der Waals surface area contributed by atoms with Crippen LogP contribution in [0.4, 0.5) is 11.5 Å². The maximum absolute atomic E-state index is 12.6. The summed E-state index contributed by atoms with van der Waals surface area (Å²) in [6.07, 6.45) is 8.01. The Balaban J connectivity index is 1.48. The molecule has 2 heterocycles. The van der Waals surface area contributed by atoms with Gasteiger partial charge in [-0.3, -0.25) is 9.48 Å². The molecule has 0 unspecified atom stereocenters. The first kappa shape index (κ1) is 18.0. The molecule has 2 fully saturated rings. The number of fused-ring (bicyclic) bond motifs is 1. The topological polar surface area (TPSA) is 86.5 Å². The van der Waals surface area contributed by atoms with Crippen molar-refractivity contribution in [2.45, 2.75) is 51.5 Å². The summed E-state index contributed by atoms with van der Waals surface area (Å²) in [6, 6.07) is 12.6. The lowest BCUT2D eigenvalue weighted by Gasteiger charge is -2.14. The molecule has 1 atom stereocenters. The largest absolute Gasteiger partial charge is 0.338 e. The monoisotopic (exact) mass is 387 g/mol. The maximum atomic E-state index is 12.6. The number of rotatable bonds is 7. The highest BCUT2D eigenvalue weighted by Crippen LogP contribution is 2.47. The summed E-state index contributed by atoms with van der Waals surface area (Å²) in [6.45, 7) is 2.34. The molecule has 2 saturated carbocycles. The average Bonchev–Trinajstić information content (AvgIpc) is 3.63. The lowest BCUT2D eigenvalue weighted by molar-refractivity contribution is 0.426. The second-order valence-electron chi connectivity index (χ2n) is 8.94. The molecule has 0 spiro atoms. The Kier molecular flexibility index (Phi) is 4.20. The van der Waals surface area contributed by atoms with Gasteiger partial charge >= 0.3 is 0 Å². The van der Waals surface area contributed by atoms with Crippen molar-refractivity contribution in [2.75, 3.05) is 5.32 Å². The molecule has 2 N–H and O–H groups in total. The van der Waals surface area contributed by atoms with Crippen molar-refractivity contribution in [3.05, 3.63) is 52.4 Å². The molecule has 0 radical (unpaired) electrons. The second kappa shape index (κ2) is 6.77. The normalized spacial score (nSPS) is 18.3. The lowest BCUT2D eigenvalue weighted by atomic mass is 9.99. The highest BCUT2D eigenvalue weighted by atomic mass is 16.1. The van der Waals surface area contributed by atoms with Crippen LogP contribution in [-0.2, 0) is 6.42 Å². The number of hydrogen-bond acceptors (Lipinski definition) is 4. The van der Waals surface area contributed by atoms with Gasteiger partial charge in [0.1, 0.15) is 5.39 Å². The predicted molar refractivity (Wildman–Crippen MR) is 113 cm³/mol. The van der Waals surface area contributed by atoms with E-state index >= 15 is 0 Å². The Bertz CT molecular complexity index is 1140. The molecule has 0 aliphatic heterocycles. The molecule has 2 aliphatic carbocycles. The molecule has 29 heavy (non-hydrogen) atoms. The second-order valence-corrected chi connectivity index (χ2v) is 8.94. The summed E-state index contributed by atoms with van der Waals surface area (Å²) in [5.41, 5.74) is 3.34. The third kappa shape index (κ3) is 3.53. The van der Waals surface area contributed by atoms with Crippen LogP contribution in [-0.4, -0.2) is 14.8 Å². The van der Waals surface area contributed by atoms with Gasteiger partial charge in [0.05, 0.1) is 24.0 Å². The lowest BCUT2D eigenvalue weighted by Crippen LogP contribution is -2.13. The van der Waals surface area contributed by atoms with Crippen LogP contribution in [0.5, 0.6) is 0 Å². The van der Waals surface area contributed by atoms with E-state index in [1.165, 1.54) is 18.4 Å². The van der Waals surface area contributed by atoms with E-state index in [1.54, 1.807) is 6.20 Å². The molecule has 6 heteroatoms. The van der Waals surface area contributed by atoms with Gasteiger partial charge in [-0.05, 0) is 67.2 Å². The van der Waals surface area contributed by atoms with Crippen LogP contribution in [0, 0.1) is 22.7 Å². The molecule has 2 aliphatic rings. The average molecular weight is 387 g/mol. The van der Waals surface area contributed by atoms with Gasteiger partial charge < -0.3 is 10.3 Å². The first-order chi connectivity index (χ1) is 14.1. The standard InChI is InChI=1S/C23H25N5O/c1-23(10-11-23)14-15-2-6-17(7-3-15)26-21-20-19(9-13-25-22(20)29)28(27-21)18(8-12-24)16-4-5-16/h2-3,6-7,9,13,16,18H,4-5,8,10-11,14H2,1H3,(H,25,29)(H,26,27)/t18-/m0/s1. The zero-order chi connectivity index (χ0) is 20.0. The minimum atomic E-state index is -0.166. The smallest absolute Gasteiger partial charge is 0.261 e. The van der Waals surface area contributed by atoms with Crippen molar-refractivity contribution in [3.8, 4) is 6.07 Å². The fraction of sp³-hybridized carbons (Fsp3) is 0.435. The summed E-state index contributed by atoms with van der Waals surface area (Å²) in [4.78, 5) is 15.3. The minimum Gasteiger partial charge on any atom is -0.338 e. The van der Waals surface area contributed by atoms with Crippen LogP contribution in [0.2, 0.25) is 0 Å². The van der Waals surface area contributed by atoms with Crippen molar-refractivity contribution < 1.29 is 0 Å². The van der Waals surface area contributed by atoms with Crippen molar-refractivity contribution in [1.29, 1.82) is 5.26 Å². The molecule has 0 amide bonds. The van der Waals surface area contributed by atoms with Gasteiger partial charge in [0, 0.05) is 11.9 Å². The van der Waals surface area contributed by atoms with E-state index in [0.717, 1.165) is 30.5 Å². The molecule has 5 rings (SSSR count). The van der Waals surface area contributed by atoms with Crippen LogP contribution in [0.1, 0.15) is 50.6 Å². The molecule has 3 aromatic rings. The number of anilines is 2. The summed E-state index contributed by atoms with van der Waals surface area (Å²) in [5, 5.41) is 17.9. The molecule has 1 aromatic carbocycles. The Morgan fingerprint density at radius 3 is 2.72 bits per heavy atom. The highest BCUT2D eigenvalue weighted by Gasteiger charge is 2.37. The predicted octanol–water partition coefficient (Wildman–Crippen LogP) is 4.68. The highest BCUT2D eigenvalue weighted by molar-refractivity contribution is 5.91. The Labute approximate surface area is 169 Å². The molecule has 0 saturated heterocycles. The van der Waals surface area contributed by atoms with Gasteiger partial charge in [-0.1, -0.05) is 19.1 Å². The fourth-order valence-electron chi connectivity index (χ4n) is 4.19. The van der Waals surface area contributed by atoms with Crippen LogP contribution < -0.4 is 10.9 Å². The maximum Gasteiger partial charge on any atom is 0.261 e. The van der Waals surface area contributed by atoms with Crippen LogP contribution in [0.25, 0.3) is 10.9 Å². The van der Waals surface area contributed by atoms with Crippen molar-refractivity contribution in [2.24, 2.45) is 11.3 Å². The number of nitrogens with zero attached hydrogens (tertiary/aromatic N) is 3. The van der Waals surface area contributed by atoms with E-state index < -0.39 is 0 Å². The van der Waals surface area contributed by atoms with Gasteiger partial charge in [0.15, 0.2) is 5.82 Å². The van der Waals surface area contributed by atoms with E-state index in [2.05, 4.69) is 47.6 Å². The number of hydrogen-bond donors (Lipinski definition) is 2. The Morgan fingerprint density at radius 2 is 2.07 bits per heavy atom. The fourth-order valence-corrected chi connectivity index (χ4v) is 4.19. The number of aromatic nitrogens is 3. The van der Waals surface area contributed by atoms with Crippen LogP contribution in [0.15, 0.2) is 41.3 Å². The number of nitrogens with one attached hydrogen (secondary N) is 2. The van der Waals surface area contributed by atoms with Crippen molar-refractivity contribution >= 4 is 22.4 Å². The van der Waals surface area contributed by atoms with E-state index in [4.69, 9.17) is 5.10 Å². The van der Waals surface area contributed by atoms with Crippen molar-refractivity contribution in [3.63, 3.8) is 0 Å². The van der Waals surface area contributed by atoms with E-state index in [-0.39, 0.29) is 11.6 Å².